The van der Waals surface area contributed by atoms with Crippen LogP contribution in [0.15, 0.2) is 29.3 Å². The summed E-state index contributed by atoms with van der Waals surface area (Å²) in [4.78, 5) is 11.6. The fourth-order valence-corrected chi connectivity index (χ4v) is 4.46. The Labute approximate surface area is 158 Å². The standard InChI is InChI=1S/C20H25ClN2O3/c1-5-14-12(3)17(21)8-11(2)16(14)10-23-18-9-13(26-4)6-7-15(18)19(22-23)20(24)25/h6-7,9,11-12,17H,5,8,10H2,1-4H3,(H,24,25). The van der Waals surface area contributed by atoms with Gasteiger partial charge >= 0.3 is 5.97 Å². The van der Waals surface area contributed by atoms with Crippen molar-refractivity contribution in [1.29, 1.82) is 0 Å². The number of alkyl halides is 1. The van der Waals surface area contributed by atoms with Gasteiger partial charge in [-0.15, -0.1) is 11.6 Å². The number of hydrogen-bond donors (Lipinski definition) is 1. The molecule has 2 aromatic rings. The van der Waals surface area contributed by atoms with Crippen LogP contribution in [-0.2, 0) is 6.54 Å². The molecule has 0 aliphatic heterocycles. The Kier molecular flexibility index (Phi) is 5.28. The topological polar surface area (TPSA) is 64.4 Å². The molecule has 1 heterocycles. The third-order valence-electron chi connectivity index (χ3n) is 5.54. The van der Waals surface area contributed by atoms with Crippen molar-refractivity contribution in [2.45, 2.75) is 45.5 Å². The minimum absolute atomic E-state index is 0.0769. The van der Waals surface area contributed by atoms with E-state index >= 15 is 0 Å². The lowest BCUT2D eigenvalue weighted by Crippen LogP contribution is -2.28. The van der Waals surface area contributed by atoms with Gasteiger partial charge in [-0.25, -0.2) is 4.79 Å². The Morgan fingerprint density at radius 2 is 2.12 bits per heavy atom. The first-order valence-electron chi connectivity index (χ1n) is 9.01. The largest absolute Gasteiger partial charge is 0.497 e. The molecule has 0 saturated heterocycles. The Bertz CT molecular complexity index is 871. The molecule has 0 spiro atoms. The molecule has 0 radical (unpaired) electrons. The molecule has 0 saturated carbocycles. The first kappa shape index (κ1) is 18.8. The van der Waals surface area contributed by atoms with Crippen LogP contribution in [0.25, 0.3) is 10.9 Å². The number of methoxy groups -OCH3 is 1. The summed E-state index contributed by atoms with van der Waals surface area (Å²) in [7, 11) is 1.60. The third kappa shape index (κ3) is 3.20. The van der Waals surface area contributed by atoms with Crippen molar-refractivity contribution >= 4 is 28.5 Å². The van der Waals surface area contributed by atoms with Gasteiger partial charge in [-0.1, -0.05) is 26.3 Å². The molecule has 6 heteroatoms. The fourth-order valence-electron chi connectivity index (χ4n) is 4.04. The van der Waals surface area contributed by atoms with Gasteiger partial charge in [0.05, 0.1) is 19.2 Å². The predicted octanol–water partition coefficient (Wildman–Crippen LogP) is 4.73. The highest BCUT2D eigenvalue weighted by Gasteiger charge is 2.31. The number of ether oxygens (including phenoxy) is 1. The van der Waals surface area contributed by atoms with Crippen molar-refractivity contribution in [1.82, 2.24) is 9.78 Å². The summed E-state index contributed by atoms with van der Waals surface area (Å²) >= 11 is 6.53. The van der Waals surface area contributed by atoms with Crippen LogP contribution in [0.3, 0.4) is 0 Å². The molecule has 140 valence electrons. The van der Waals surface area contributed by atoms with Crippen LogP contribution in [0, 0.1) is 11.8 Å². The van der Waals surface area contributed by atoms with Gasteiger partial charge < -0.3 is 9.84 Å². The molecule has 3 atom stereocenters. The molecular formula is C20H25ClN2O3. The number of aromatic carboxylic acids is 1. The molecule has 1 aromatic heterocycles. The number of halogens is 1. The average Bonchev–Trinajstić information content (AvgIpc) is 2.98. The van der Waals surface area contributed by atoms with E-state index < -0.39 is 5.97 Å². The maximum atomic E-state index is 11.6. The van der Waals surface area contributed by atoms with E-state index in [9.17, 15) is 9.90 Å². The van der Waals surface area contributed by atoms with Crippen molar-refractivity contribution in [3.63, 3.8) is 0 Å². The van der Waals surface area contributed by atoms with E-state index in [-0.39, 0.29) is 11.1 Å². The monoisotopic (exact) mass is 376 g/mol. The molecule has 0 fully saturated rings. The molecule has 0 amide bonds. The van der Waals surface area contributed by atoms with Gasteiger partial charge in [-0.2, -0.15) is 5.10 Å². The number of carboxylic acids is 1. The molecule has 5 nitrogen and oxygen atoms in total. The predicted molar refractivity (Wildman–Crippen MR) is 103 cm³/mol. The number of hydrogen-bond acceptors (Lipinski definition) is 3. The number of rotatable bonds is 5. The van der Waals surface area contributed by atoms with Crippen molar-refractivity contribution in [3.8, 4) is 5.75 Å². The molecule has 3 rings (SSSR count). The molecule has 0 bridgehead atoms. The van der Waals surface area contributed by atoms with Crippen molar-refractivity contribution in [2.75, 3.05) is 7.11 Å². The summed E-state index contributed by atoms with van der Waals surface area (Å²) in [5.74, 6) is 0.339. The van der Waals surface area contributed by atoms with Gasteiger partial charge in [0.25, 0.3) is 0 Å². The molecule has 1 N–H and O–H groups in total. The van der Waals surface area contributed by atoms with Crippen LogP contribution in [0.4, 0.5) is 0 Å². The minimum atomic E-state index is -1.02. The number of fused-ring (bicyclic) bond motifs is 1. The van der Waals surface area contributed by atoms with Gasteiger partial charge in [0.1, 0.15) is 5.75 Å². The van der Waals surface area contributed by atoms with E-state index in [1.807, 2.05) is 6.07 Å². The molecule has 1 aliphatic carbocycles. The number of benzene rings is 1. The Balaban J connectivity index is 2.13. The van der Waals surface area contributed by atoms with E-state index in [2.05, 4.69) is 25.9 Å². The van der Waals surface area contributed by atoms with E-state index in [1.165, 1.54) is 11.1 Å². The highest BCUT2D eigenvalue weighted by atomic mass is 35.5. The quantitative estimate of drug-likeness (QED) is 0.605. The van der Waals surface area contributed by atoms with Crippen LogP contribution in [0.5, 0.6) is 5.75 Å². The molecule has 1 aromatic carbocycles. The summed E-state index contributed by atoms with van der Waals surface area (Å²) in [5.41, 5.74) is 3.54. The first-order chi connectivity index (χ1) is 12.4. The average molecular weight is 377 g/mol. The van der Waals surface area contributed by atoms with Gasteiger partial charge in [0.15, 0.2) is 5.69 Å². The number of nitrogens with zero attached hydrogens (tertiary/aromatic N) is 2. The van der Waals surface area contributed by atoms with Crippen molar-refractivity contribution in [2.24, 2.45) is 11.8 Å². The Hall–Kier alpha value is -2.01. The fraction of sp³-hybridized carbons (Fsp3) is 0.500. The number of allylic oxidation sites excluding steroid dienone is 2. The van der Waals surface area contributed by atoms with E-state index in [4.69, 9.17) is 16.3 Å². The maximum Gasteiger partial charge on any atom is 0.357 e. The maximum absolute atomic E-state index is 11.6. The summed E-state index contributed by atoms with van der Waals surface area (Å²) in [6.45, 7) is 7.10. The normalized spacial score (nSPS) is 23.5. The van der Waals surface area contributed by atoms with Gasteiger partial charge in [0, 0.05) is 16.8 Å². The number of carboxylic acid groups (broad SMARTS) is 1. The highest BCUT2D eigenvalue weighted by molar-refractivity contribution is 6.21. The van der Waals surface area contributed by atoms with Crippen LogP contribution in [-0.4, -0.2) is 33.3 Å². The Morgan fingerprint density at radius 1 is 1.38 bits per heavy atom. The summed E-state index contributed by atoms with van der Waals surface area (Å²) in [6.07, 6.45) is 1.87. The lowest BCUT2D eigenvalue weighted by atomic mass is 9.76. The van der Waals surface area contributed by atoms with Crippen LogP contribution < -0.4 is 4.74 Å². The van der Waals surface area contributed by atoms with Gasteiger partial charge in [-0.3, -0.25) is 4.68 Å². The number of carbonyl (C=O) groups is 1. The smallest absolute Gasteiger partial charge is 0.357 e. The molecule has 3 unspecified atom stereocenters. The summed E-state index contributed by atoms with van der Waals surface area (Å²) < 4.78 is 7.11. The van der Waals surface area contributed by atoms with Gasteiger partial charge in [0.2, 0.25) is 0 Å². The summed E-state index contributed by atoms with van der Waals surface area (Å²) in [6, 6.07) is 5.38. The van der Waals surface area contributed by atoms with Crippen LogP contribution >= 0.6 is 11.6 Å². The molecule has 26 heavy (non-hydrogen) atoms. The Morgan fingerprint density at radius 3 is 2.73 bits per heavy atom. The second-order valence-corrected chi connectivity index (χ2v) is 7.60. The summed E-state index contributed by atoms with van der Waals surface area (Å²) in [5, 5.41) is 14.7. The second-order valence-electron chi connectivity index (χ2n) is 7.04. The minimum Gasteiger partial charge on any atom is -0.497 e. The van der Waals surface area contributed by atoms with E-state index in [0.29, 0.717) is 29.5 Å². The zero-order valence-corrected chi connectivity index (χ0v) is 16.4. The van der Waals surface area contributed by atoms with Crippen LogP contribution in [0.1, 0.15) is 44.1 Å². The van der Waals surface area contributed by atoms with E-state index in [1.54, 1.807) is 23.9 Å². The zero-order chi connectivity index (χ0) is 19.0. The first-order valence-corrected chi connectivity index (χ1v) is 9.44. The van der Waals surface area contributed by atoms with Crippen molar-refractivity contribution in [3.05, 3.63) is 35.0 Å². The lowest BCUT2D eigenvalue weighted by Gasteiger charge is -2.34. The molecular weight excluding hydrogens is 352 g/mol. The second kappa shape index (κ2) is 7.31. The number of aromatic nitrogens is 2. The zero-order valence-electron chi connectivity index (χ0n) is 15.6. The van der Waals surface area contributed by atoms with Crippen LogP contribution in [0.2, 0.25) is 0 Å². The SMILES string of the molecule is CCC1=C(Cn2nc(C(=O)O)c3ccc(OC)cc32)C(C)CC(Cl)C1C. The molecule has 1 aliphatic rings. The van der Waals surface area contributed by atoms with E-state index in [0.717, 1.165) is 18.4 Å². The lowest BCUT2D eigenvalue weighted by molar-refractivity contribution is 0.0691. The third-order valence-corrected chi connectivity index (χ3v) is 6.10. The highest BCUT2D eigenvalue weighted by Crippen LogP contribution is 2.39. The van der Waals surface area contributed by atoms with Crippen molar-refractivity contribution < 1.29 is 14.6 Å². The van der Waals surface area contributed by atoms with Gasteiger partial charge in [-0.05, 0) is 42.4 Å².